The maximum atomic E-state index is 13.2. The second-order valence-electron chi connectivity index (χ2n) is 6.28. The van der Waals surface area contributed by atoms with Crippen molar-refractivity contribution in [2.24, 2.45) is 0 Å². The molecule has 1 amide bonds. The number of rotatable bonds is 7. The van der Waals surface area contributed by atoms with Crippen molar-refractivity contribution in [3.8, 4) is 11.3 Å². The summed E-state index contributed by atoms with van der Waals surface area (Å²) < 4.78 is 5.88. The van der Waals surface area contributed by atoms with Crippen molar-refractivity contribution in [2.75, 3.05) is 6.54 Å². The van der Waals surface area contributed by atoms with Gasteiger partial charge in [0.2, 0.25) is 0 Å². The minimum absolute atomic E-state index is 0.108. The molecule has 0 aliphatic carbocycles. The Morgan fingerprint density at radius 3 is 2.39 bits per heavy atom. The van der Waals surface area contributed by atoms with Crippen LogP contribution in [0.2, 0.25) is 5.02 Å². The molecule has 0 spiro atoms. The van der Waals surface area contributed by atoms with Gasteiger partial charge in [-0.25, -0.2) is 0 Å². The molecule has 0 atom stereocenters. The number of thiophene rings is 2. The predicted octanol–water partition coefficient (Wildman–Crippen LogP) is 6.61. The minimum atomic E-state index is -0.108. The van der Waals surface area contributed by atoms with Gasteiger partial charge < -0.3 is 9.32 Å². The zero-order valence-corrected chi connectivity index (χ0v) is 17.4. The average molecular weight is 428 g/mol. The first kappa shape index (κ1) is 19.0. The van der Waals surface area contributed by atoms with Crippen LogP contribution in [0.1, 0.15) is 20.3 Å². The van der Waals surface area contributed by atoms with E-state index in [1.807, 2.05) is 52.7 Å². The number of furan rings is 1. The lowest BCUT2D eigenvalue weighted by Crippen LogP contribution is -2.31. The van der Waals surface area contributed by atoms with Gasteiger partial charge in [0.05, 0.1) is 11.6 Å². The average Bonchev–Trinajstić information content (AvgIpc) is 3.48. The summed E-state index contributed by atoms with van der Waals surface area (Å²) in [6.45, 7) is 1.21. The van der Waals surface area contributed by atoms with Crippen LogP contribution in [0, 0.1) is 0 Å². The highest BCUT2D eigenvalue weighted by molar-refractivity contribution is 7.10. The number of amides is 1. The van der Waals surface area contributed by atoms with Gasteiger partial charge in [0, 0.05) is 21.9 Å². The first-order chi connectivity index (χ1) is 13.7. The van der Waals surface area contributed by atoms with Crippen molar-refractivity contribution in [1.29, 1.82) is 0 Å². The molecule has 142 valence electrons. The molecular weight excluding hydrogens is 410 g/mol. The first-order valence-corrected chi connectivity index (χ1v) is 11.0. The van der Waals surface area contributed by atoms with Gasteiger partial charge in [-0.15, -0.1) is 22.7 Å². The molecule has 0 saturated carbocycles. The zero-order chi connectivity index (χ0) is 19.3. The van der Waals surface area contributed by atoms with E-state index >= 15 is 0 Å². The largest absolute Gasteiger partial charge is 0.451 e. The summed E-state index contributed by atoms with van der Waals surface area (Å²) in [7, 11) is 0. The second kappa shape index (κ2) is 8.78. The summed E-state index contributed by atoms with van der Waals surface area (Å²) in [6.07, 6.45) is 0.826. The number of hydrogen-bond acceptors (Lipinski definition) is 4. The molecular formula is C22H18ClNO2S2. The molecule has 0 aliphatic rings. The smallest absolute Gasteiger partial charge is 0.289 e. The summed E-state index contributed by atoms with van der Waals surface area (Å²) in [6, 6.07) is 19.2. The molecule has 0 aliphatic heterocycles. The van der Waals surface area contributed by atoms with Gasteiger partial charge in [-0.05, 0) is 53.6 Å². The van der Waals surface area contributed by atoms with Crippen LogP contribution in [0.15, 0.2) is 75.8 Å². The molecule has 3 nitrogen and oxygen atoms in total. The van der Waals surface area contributed by atoms with Crippen LogP contribution in [0.3, 0.4) is 0 Å². The topological polar surface area (TPSA) is 33.5 Å². The lowest BCUT2D eigenvalue weighted by atomic mass is 10.2. The summed E-state index contributed by atoms with van der Waals surface area (Å²) in [5.41, 5.74) is 0.784. The van der Waals surface area contributed by atoms with Gasteiger partial charge >= 0.3 is 0 Å². The van der Waals surface area contributed by atoms with Crippen molar-refractivity contribution in [2.45, 2.75) is 13.0 Å². The normalized spacial score (nSPS) is 10.9. The molecule has 4 aromatic rings. The van der Waals surface area contributed by atoms with Gasteiger partial charge in [0.25, 0.3) is 5.91 Å². The third-order valence-corrected chi connectivity index (χ3v) is 6.51. The number of nitrogens with zero attached hydrogens (tertiary/aromatic N) is 1. The zero-order valence-electron chi connectivity index (χ0n) is 15.0. The lowest BCUT2D eigenvalue weighted by Gasteiger charge is -2.20. The maximum Gasteiger partial charge on any atom is 0.289 e. The SMILES string of the molecule is O=C(c1ccc(-c2ccccc2Cl)o1)N(CCc1cccs1)Cc1cccs1. The number of carbonyl (C=O) groups is 1. The molecule has 1 aromatic carbocycles. The van der Waals surface area contributed by atoms with Gasteiger partial charge in [0.1, 0.15) is 5.76 Å². The van der Waals surface area contributed by atoms with Gasteiger partial charge in [0.15, 0.2) is 5.76 Å². The Morgan fingerprint density at radius 2 is 1.68 bits per heavy atom. The highest BCUT2D eigenvalue weighted by Crippen LogP contribution is 2.29. The molecule has 0 saturated heterocycles. The fourth-order valence-corrected chi connectivity index (χ4v) is 4.60. The van der Waals surface area contributed by atoms with Crippen LogP contribution in [0.4, 0.5) is 0 Å². The van der Waals surface area contributed by atoms with E-state index in [1.165, 1.54) is 4.88 Å². The highest BCUT2D eigenvalue weighted by atomic mass is 35.5. The number of halogens is 1. The van der Waals surface area contributed by atoms with Crippen molar-refractivity contribution < 1.29 is 9.21 Å². The molecule has 3 heterocycles. The predicted molar refractivity (Wildman–Crippen MR) is 116 cm³/mol. The maximum absolute atomic E-state index is 13.2. The first-order valence-electron chi connectivity index (χ1n) is 8.89. The molecule has 0 fully saturated rings. The summed E-state index contributed by atoms with van der Waals surface area (Å²) >= 11 is 9.62. The van der Waals surface area contributed by atoms with Gasteiger partial charge in [-0.3, -0.25) is 4.79 Å². The summed E-state index contributed by atoms with van der Waals surface area (Å²) in [4.78, 5) is 17.4. The highest BCUT2D eigenvalue weighted by Gasteiger charge is 2.21. The Balaban J connectivity index is 1.55. The number of carbonyl (C=O) groups excluding carboxylic acids is 1. The Morgan fingerprint density at radius 1 is 0.929 bits per heavy atom. The van der Waals surface area contributed by atoms with Crippen LogP contribution in [0.5, 0.6) is 0 Å². The molecule has 0 N–H and O–H groups in total. The van der Waals surface area contributed by atoms with Crippen LogP contribution in [0.25, 0.3) is 11.3 Å². The van der Waals surface area contributed by atoms with E-state index in [0.29, 0.717) is 29.6 Å². The quantitative estimate of drug-likeness (QED) is 0.332. The third-order valence-electron chi connectivity index (χ3n) is 4.38. The lowest BCUT2D eigenvalue weighted by molar-refractivity contribution is 0.0716. The van der Waals surface area contributed by atoms with Gasteiger partial charge in [-0.1, -0.05) is 35.9 Å². The molecule has 0 bridgehead atoms. The van der Waals surface area contributed by atoms with Crippen LogP contribution >= 0.6 is 34.3 Å². The van der Waals surface area contributed by atoms with Gasteiger partial charge in [-0.2, -0.15) is 0 Å². The molecule has 6 heteroatoms. The minimum Gasteiger partial charge on any atom is -0.451 e. The van der Waals surface area contributed by atoms with E-state index in [2.05, 4.69) is 11.4 Å². The number of benzene rings is 1. The third kappa shape index (κ3) is 4.38. The molecule has 0 radical (unpaired) electrons. The Kier molecular flexibility index (Phi) is 5.95. The Labute approximate surface area is 176 Å². The molecule has 4 rings (SSSR count). The van der Waals surface area contributed by atoms with E-state index < -0.39 is 0 Å². The van der Waals surface area contributed by atoms with E-state index in [0.717, 1.165) is 16.9 Å². The van der Waals surface area contributed by atoms with Crippen molar-refractivity contribution in [3.05, 3.63) is 92.0 Å². The van der Waals surface area contributed by atoms with E-state index in [4.69, 9.17) is 16.0 Å². The van der Waals surface area contributed by atoms with Crippen molar-refractivity contribution >= 4 is 40.2 Å². The molecule has 3 aromatic heterocycles. The monoisotopic (exact) mass is 427 g/mol. The standard InChI is InChI=1S/C22H18ClNO2S2/c23-19-8-2-1-7-18(19)20-9-10-21(26-20)22(25)24(15-17-6-4-14-28-17)12-11-16-5-3-13-27-16/h1-10,13-14H,11-12,15H2. The molecule has 28 heavy (non-hydrogen) atoms. The van der Waals surface area contributed by atoms with Crippen LogP contribution in [-0.4, -0.2) is 17.4 Å². The van der Waals surface area contributed by atoms with E-state index in [9.17, 15) is 4.79 Å². The van der Waals surface area contributed by atoms with Crippen LogP contribution < -0.4 is 0 Å². The van der Waals surface area contributed by atoms with E-state index in [1.54, 1.807) is 34.8 Å². The van der Waals surface area contributed by atoms with Crippen molar-refractivity contribution in [3.63, 3.8) is 0 Å². The fourth-order valence-electron chi connectivity index (χ4n) is 2.96. The Bertz CT molecular complexity index is 1040. The van der Waals surface area contributed by atoms with E-state index in [-0.39, 0.29) is 5.91 Å². The Hall–Kier alpha value is -2.34. The number of hydrogen-bond donors (Lipinski definition) is 0. The van der Waals surface area contributed by atoms with Crippen molar-refractivity contribution in [1.82, 2.24) is 4.90 Å². The molecule has 0 unspecified atom stereocenters. The summed E-state index contributed by atoms with van der Waals surface area (Å²) in [5.74, 6) is 0.823. The van der Waals surface area contributed by atoms with Crippen LogP contribution in [-0.2, 0) is 13.0 Å². The fraction of sp³-hybridized carbons (Fsp3) is 0.136. The summed E-state index contributed by atoms with van der Waals surface area (Å²) in [5, 5.41) is 4.69. The second-order valence-corrected chi connectivity index (χ2v) is 8.75.